The Hall–Kier alpha value is -1.23. The van der Waals surface area contributed by atoms with Gasteiger partial charge in [-0.05, 0) is 19.1 Å². The lowest BCUT2D eigenvalue weighted by Gasteiger charge is -2.34. The molecule has 0 spiro atoms. The molecule has 1 atom stereocenters. The zero-order chi connectivity index (χ0) is 11.5. The summed E-state index contributed by atoms with van der Waals surface area (Å²) in [4.78, 5) is 6.64. The first-order valence-electron chi connectivity index (χ1n) is 5.33. The smallest absolute Gasteiger partial charge is 0.129 e. The van der Waals surface area contributed by atoms with Gasteiger partial charge in [0, 0.05) is 35.9 Å². The Balaban J connectivity index is 2.25. The van der Waals surface area contributed by atoms with E-state index >= 15 is 0 Å². The summed E-state index contributed by atoms with van der Waals surface area (Å²) in [6.45, 7) is 3.22. The third kappa shape index (κ3) is 2.29. The zero-order valence-corrected chi connectivity index (χ0v) is 10.1. The van der Waals surface area contributed by atoms with Crippen LogP contribution >= 0.6 is 11.8 Å². The van der Waals surface area contributed by atoms with Gasteiger partial charge >= 0.3 is 0 Å². The van der Waals surface area contributed by atoms with Gasteiger partial charge in [0.15, 0.2) is 0 Å². The molecule has 0 aliphatic carbocycles. The Morgan fingerprint density at radius 3 is 3.19 bits per heavy atom. The number of thioether (sulfide) groups is 1. The third-order valence-electron chi connectivity index (χ3n) is 2.72. The number of anilines is 1. The summed E-state index contributed by atoms with van der Waals surface area (Å²) < 4.78 is 0. The second kappa shape index (κ2) is 4.74. The highest BCUT2D eigenvalue weighted by Gasteiger charge is 2.20. The van der Waals surface area contributed by atoms with E-state index in [4.69, 9.17) is 11.1 Å². The van der Waals surface area contributed by atoms with Gasteiger partial charge < -0.3 is 10.6 Å². The van der Waals surface area contributed by atoms with Gasteiger partial charge in [0.05, 0.1) is 0 Å². The first kappa shape index (κ1) is 11.3. The molecule has 1 aliphatic rings. The molecule has 3 N–H and O–H groups in total. The molecule has 0 amide bonds. The van der Waals surface area contributed by atoms with Crippen LogP contribution in [-0.2, 0) is 0 Å². The molecule has 0 radical (unpaired) electrons. The van der Waals surface area contributed by atoms with Crippen LogP contribution in [0.25, 0.3) is 0 Å². The minimum absolute atomic E-state index is 0.0997. The van der Waals surface area contributed by atoms with Gasteiger partial charge in [-0.3, -0.25) is 5.41 Å². The number of hydrogen-bond donors (Lipinski definition) is 2. The molecule has 1 aromatic rings. The van der Waals surface area contributed by atoms with Crippen molar-refractivity contribution < 1.29 is 0 Å². The van der Waals surface area contributed by atoms with E-state index in [1.807, 2.05) is 17.8 Å². The molecule has 86 valence electrons. The summed E-state index contributed by atoms with van der Waals surface area (Å²) in [5, 5.41) is 7.42. The van der Waals surface area contributed by atoms with E-state index in [9.17, 15) is 0 Å². The van der Waals surface area contributed by atoms with E-state index in [1.54, 1.807) is 12.3 Å². The fourth-order valence-electron chi connectivity index (χ4n) is 1.81. The van der Waals surface area contributed by atoms with Crippen LogP contribution in [0, 0.1) is 5.41 Å². The van der Waals surface area contributed by atoms with Crippen molar-refractivity contribution in [2.24, 2.45) is 5.73 Å². The van der Waals surface area contributed by atoms with Crippen molar-refractivity contribution >= 4 is 23.4 Å². The maximum Gasteiger partial charge on any atom is 0.129 e. The van der Waals surface area contributed by atoms with Gasteiger partial charge in [-0.25, -0.2) is 4.98 Å². The van der Waals surface area contributed by atoms with Crippen molar-refractivity contribution in [1.29, 1.82) is 5.41 Å². The second-order valence-electron chi connectivity index (χ2n) is 3.93. The summed E-state index contributed by atoms with van der Waals surface area (Å²) in [6, 6.07) is 4.16. The molecule has 0 aromatic carbocycles. The molecule has 5 heteroatoms. The lowest BCUT2D eigenvalue weighted by Crippen LogP contribution is -2.41. The monoisotopic (exact) mass is 236 g/mol. The maximum atomic E-state index is 7.42. The minimum atomic E-state index is 0.0997. The number of pyridine rings is 1. The first-order valence-corrected chi connectivity index (χ1v) is 6.49. The van der Waals surface area contributed by atoms with Crippen LogP contribution in [-0.4, -0.2) is 34.9 Å². The molecule has 2 heterocycles. The lowest BCUT2D eigenvalue weighted by atomic mass is 10.2. The fourth-order valence-corrected chi connectivity index (χ4v) is 2.82. The minimum Gasteiger partial charge on any atom is -0.384 e. The Labute approximate surface area is 99.7 Å². The topological polar surface area (TPSA) is 66.0 Å². The third-order valence-corrected chi connectivity index (χ3v) is 3.91. The number of nitrogens with two attached hydrogens (primary N) is 1. The van der Waals surface area contributed by atoms with Gasteiger partial charge in [0.25, 0.3) is 0 Å². The van der Waals surface area contributed by atoms with Gasteiger partial charge in [-0.15, -0.1) is 0 Å². The zero-order valence-electron chi connectivity index (χ0n) is 9.31. The van der Waals surface area contributed by atoms with Crippen molar-refractivity contribution in [2.45, 2.75) is 13.0 Å². The standard InChI is InChI=1S/C11H16N4S/c1-8-7-16-5-4-15(8)10-6-9(11(12)13)2-3-14-10/h2-3,6,8H,4-5,7H2,1H3,(H3,12,13). The summed E-state index contributed by atoms with van der Waals surface area (Å²) in [6.07, 6.45) is 1.72. The van der Waals surface area contributed by atoms with E-state index in [1.165, 1.54) is 0 Å². The molecule has 1 unspecified atom stereocenters. The van der Waals surface area contributed by atoms with Gasteiger partial charge in [0.2, 0.25) is 0 Å². The number of rotatable bonds is 2. The van der Waals surface area contributed by atoms with Crippen molar-refractivity contribution in [2.75, 3.05) is 23.0 Å². The van der Waals surface area contributed by atoms with Crippen LogP contribution in [0.4, 0.5) is 5.82 Å². The van der Waals surface area contributed by atoms with Crippen LogP contribution in [0.2, 0.25) is 0 Å². The summed E-state index contributed by atoms with van der Waals surface area (Å²) >= 11 is 1.98. The molecule has 16 heavy (non-hydrogen) atoms. The number of nitrogens with one attached hydrogen (secondary N) is 1. The molecular weight excluding hydrogens is 220 g/mol. The highest BCUT2D eigenvalue weighted by molar-refractivity contribution is 7.99. The van der Waals surface area contributed by atoms with E-state index in [2.05, 4.69) is 16.8 Å². The van der Waals surface area contributed by atoms with Crippen LogP contribution in [0.15, 0.2) is 18.3 Å². The molecule has 2 rings (SSSR count). The number of nitrogens with zero attached hydrogens (tertiary/aromatic N) is 2. The van der Waals surface area contributed by atoms with E-state index in [0.717, 1.165) is 29.4 Å². The molecule has 4 nitrogen and oxygen atoms in total. The van der Waals surface area contributed by atoms with Crippen molar-refractivity contribution in [1.82, 2.24) is 4.98 Å². The van der Waals surface area contributed by atoms with E-state index in [-0.39, 0.29) is 5.84 Å². The summed E-state index contributed by atoms with van der Waals surface area (Å²) in [5.74, 6) is 3.30. The number of aromatic nitrogens is 1. The van der Waals surface area contributed by atoms with E-state index in [0.29, 0.717) is 6.04 Å². The van der Waals surface area contributed by atoms with Gasteiger partial charge in [-0.2, -0.15) is 11.8 Å². The Morgan fingerprint density at radius 2 is 2.50 bits per heavy atom. The quantitative estimate of drug-likeness (QED) is 0.600. The lowest BCUT2D eigenvalue weighted by molar-refractivity contribution is 0.690. The highest BCUT2D eigenvalue weighted by Crippen LogP contribution is 2.22. The average Bonchev–Trinajstić information content (AvgIpc) is 2.30. The van der Waals surface area contributed by atoms with Gasteiger partial charge in [0.1, 0.15) is 11.7 Å². The molecule has 1 aliphatic heterocycles. The normalized spacial score (nSPS) is 20.8. The Kier molecular flexibility index (Phi) is 3.33. The van der Waals surface area contributed by atoms with Crippen LogP contribution in [0.3, 0.4) is 0 Å². The summed E-state index contributed by atoms with van der Waals surface area (Å²) in [5.41, 5.74) is 6.23. The fraction of sp³-hybridized carbons (Fsp3) is 0.455. The molecule has 0 bridgehead atoms. The SMILES string of the molecule is CC1CSCCN1c1cc(C(=N)N)ccn1. The second-order valence-corrected chi connectivity index (χ2v) is 5.08. The van der Waals surface area contributed by atoms with Crippen molar-refractivity contribution in [3.8, 4) is 0 Å². The predicted molar refractivity (Wildman–Crippen MR) is 69.4 cm³/mol. The number of hydrogen-bond acceptors (Lipinski definition) is 4. The van der Waals surface area contributed by atoms with Crippen LogP contribution in [0.1, 0.15) is 12.5 Å². The maximum absolute atomic E-state index is 7.42. The average molecular weight is 236 g/mol. The predicted octanol–water partition coefficient (Wildman–Crippen LogP) is 1.31. The van der Waals surface area contributed by atoms with E-state index < -0.39 is 0 Å². The largest absolute Gasteiger partial charge is 0.384 e. The highest BCUT2D eigenvalue weighted by atomic mass is 32.2. The van der Waals surface area contributed by atoms with Crippen LogP contribution in [0.5, 0.6) is 0 Å². The molecule has 1 saturated heterocycles. The van der Waals surface area contributed by atoms with Gasteiger partial charge in [-0.1, -0.05) is 0 Å². The Morgan fingerprint density at radius 1 is 1.69 bits per heavy atom. The molecule has 0 saturated carbocycles. The van der Waals surface area contributed by atoms with Crippen molar-refractivity contribution in [3.63, 3.8) is 0 Å². The number of nitrogen functional groups attached to an aromatic ring is 1. The molecular formula is C11H16N4S. The number of amidine groups is 1. The van der Waals surface area contributed by atoms with Crippen molar-refractivity contribution in [3.05, 3.63) is 23.9 Å². The van der Waals surface area contributed by atoms with Crippen LogP contribution < -0.4 is 10.6 Å². The molecule has 1 fully saturated rings. The molecule has 1 aromatic heterocycles. The Bertz CT molecular complexity index is 393. The first-order chi connectivity index (χ1) is 7.68. The summed E-state index contributed by atoms with van der Waals surface area (Å²) in [7, 11) is 0.